The highest BCUT2D eigenvalue weighted by molar-refractivity contribution is 7.80. The average molecular weight is 240 g/mol. The van der Waals surface area contributed by atoms with Gasteiger partial charge in [-0.05, 0) is 18.3 Å². The van der Waals surface area contributed by atoms with Crippen LogP contribution in [0.25, 0.3) is 0 Å². The van der Waals surface area contributed by atoms with Crippen molar-refractivity contribution in [2.75, 3.05) is 0 Å². The summed E-state index contributed by atoms with van der Waals surface area (Å²) in [6.07, 6.45) is 1.18. The van der Waals surface area contributed by atoms with Crippen LogP contribution in [-0.4, -0.2) is 21.4 Å². The van der Waals surface area contributed by atoms with E-state index in [1.807, 2.05) is 0 Å². The maximum atomic E-state index is 10.5. The zero-order valence-corrected chi connectivity index (χ0v) is 8.77. The Morgan fingerprint density at radius 3 is 2.94 bits per heavy atom. The quantitative estimate of drug-likeness (QED) is 0.306. The zero-order chi connectivity index (χ0) is 12.1. The lowest BCUT2D eigenvalue weighted by Crippen LogP contribution is -2.23. The SMILES string of the molecule is NC(=S)N/N=C\c1cccc([N+](=O)[O-])c1O. The molecule has 0 radical (unpaired) electrons. The van der Waals surface area contributed by atoms with Crippen LogP contribution in [0.3, 0.4) is 0 Å². The Bertz CT molecular complexity index is 461. The summed E-state index contributed by atoms with van der Waals surface area (Å²) in [4.78, 5) is 9.81. The number of nitrogens with one attached hydrogen (secondary N) is 1. The lowest BCUT2D eigenvalue weighted by molar-refractivity contribution is -0.385. The molecular weight excluding hydrogens is 232 g/mol. The van der Waals surface area contributed by atoms with Crippen LogP contribution in [0.15, 0.2) is 23.3 Å². The molecule has 0 bridgehead atoms. The molecule has 16 heavy (non-hydrogen) atoms. The number of rotatable bonds is 3. The molecule has 7 nitrogen and oxygen atoms in total. The summed E-state index contributed by atoms with van der Waals surface area (Å²) in [7, 11) is 0. The van der Waals surface area contributed by atoms with Crippen LogP contribution >= 0.6 is 12.2 Å². The first-order valence-corrected chi connectivity index (χ1v) is 4.48. The first-order valence-electron chi connectivity index (χ1n) is 4.07. The van der Waals surface area contributed by atoms with Crippen LogP contribution in [0.1, 0.15) is 5.56 Å². The molecule has 0 aliphatic heterocycles. The highest BCUT2D eigenvalue weighted by Crippen LogP contribution is 2.27. The predicted molar refractivity (Wildman–Crippen MR) is 62.3 cm³/mol. The molecule has 0 heterocycles. The number of para-hydroxylation sites is 1. The van der Waals surface area contributed by atoms with Crippen molar-refractivity contribution in [2.24, 2.45) is 10.8 Å². The highest BCUT2D eigenvalue weighted by atomic mass is 32.1. The van der Waals surface area contributed by atoms with Gasteiger partial charge in [0.25, 0.3) is 0 Å². The van der Waals surface area contributed by atoms with Crippen molar-refractivity contribution in [1.29, 1.82) is 0 Å². The van der Waals surface area contributed by atoms with Crippen molar-refractivity contribution in [1.82, 2.24) is 5.43 Å². The van der Waals surface area contributed by atoms with Gasteiger partial charge in [-0.3, -0.25) is 15.5 Å². The van der Waals surface area contributed by atoms with Crippen molar-refractivity contribution >= 4 is 29.2 Å². The van der Waals surface area contributed by atoms with Gasteiger partial charge < -0.3 is 10.8 Å². The molecule has 0 aliphatic carbocycles. The van der Waals surface area contributed by atoms with Crippen LogP contribution < -0.4 is 11.2 Å². The molecule has 84 valence electrons. The summed E-state index contributed by atoms with van der Waals surface area (Å²) in [5.41, 5.74) is 7.18. The van der Waals surface area contributed by atoms with Gasteiger partial charge in [0.05, 0.1) is 11.1 Å². The van der Waals surface area contributed by atoms with E-state index >= 15 is 0 Å². The standard InChI is InChI=1S/C8H8N4O3S/c9-8(16)11-10-4-5-2-1-3-6(7(5)13)12(14)15/h1-4,13H,(H3,9,11,16)/b10-4-. The van der Waals surface area contributed by atoms with Crippen molar-refractivity contribution in [3.8, 4) is 5.75 Å². The molecular formula is C8H8N4O3S. The molecule has 8 heteroatoms. The van der Waals surface area contributed by atoms with Crippen molar-refractivity contribution < 1.29 is 10.0 Å². The summed E-state index contributed by atoms with van der Waals surface area (Å²) in [5.74, 6) is -0.457. The number of aromatic hydroxyl groups is 1. The van der Waals surface area contributed by atoms with Gasteiger partial charge in [-0.25, -0.2) is 0 Å². The first kappa shape index (κ1) is 11.9. The molecule has 0 unspecified atom stereocenters. The Hall–Kier alpha value is -2.22. The summed E-state index contributed by atoms with van der Waals surface area (Å²) in [6, 6.07) is 4.08. The Morgan fingerprint density at radius 2 is 2.38 bits per heavy atom. The minimum absolute atomic E-state index is 0.0406. The number of phenols is 1. The summed E-state index contributed by atoms with van der Waals surface area (Å²) >= 11 is 4.49. The third kappa shape index (κ3) is 2.89. The number of nitrogens with zero attached hydrogens (tertiary/aromatic N) is 2. The highest BCUT2D eigenvalue weighted by Gasteiger charge is 2.14. The average Bonchev–Trinajstić information content (AvgIpc) is 2.19. The van der Waals surface area contributed by atoms with Crippen molar-refractivity contribution in [3.63, 3.8) is 0 Å². The minimum Gasteiger partial charge on any atom is -0.502 e. The fourth-order valence-electron chi connectivity index (χ4n) is 0.966. The second-order valence-corrected chi connectivity index (χ2v) is 3.15. The third-order valence-electron chi connectivity index (χ3n) is 1.62. The number of hydrogen-bond acceptors (Lipinski definition) is 5. The maximum Gasteiger partial charge on any atom is 0.311 e. The van der Waals surface area contributed by atoms with Gasteiger partial charge in [0.1, 0.15) is 0 Å². The van der Waals surface area contributed by atoms with Gasteiger partial charge in [-0.15, -0.1) is 0 Å². The van der Waals surface area contributed by atoms with Crippen molar-refractivity contribution in [3.05, 3.63) is 33.9 Å². The molecule has 4 N–H and O–H groups in total. The van der Waals surface area contributed by atoms with E-state index in [9.17, 15) is 15.2 Å². The van der Waals surface area contributed by atoms with Crippen LogP contribution in [0.2, 0.25) is 0 Å². The molecule has 0 aliphatic rings. The van der Waals surface area contributed by atoms with Crippen LogP contribution in [0.4, 0.5) is 5.69 Å². The van der Waals surface area contributed by atoms with E-state index in [-0.39, 0.29) is 16.4 Å². The number of hydrogen-bond donors (Lipinski definition) is 3. The molecule has 0 atom stereocenters. The lowest BCUT2D eigenvalue weighted by atomic mass is 10.2. The second kappa shape index (κ2) is 5.03. The molecule has 1 aromatic carbocycles. The number of hydrazone groups is 1. The summed E-state index contributed by atoms with van der Waals surface area (Å²) in [6.45, 7) is 0. The van der Waals surface area contributed by atoms with Gasteiger partial charge >= 0.3 is 5.69 Å². The fourth-order valence-corrected chi connectivity index (χ4v) is 1.02. The summed E-state index contributed by atoms with van der Waals surface area (Å²) in [5, 5.41) is 23.5. The Labute approximate surface area is 95.7 Å². The molecule has 0 saturated carbocycles. The number of phenolic OH excluding ortho intramolecular Hbond substituents is 1. The smallest absolute Gasteiger partial charge is 0.311 e. The van der Waals surface area contributed by atoms with Gasteiger partial charge in [-0.1, -0.05) is 6.07 Å². The zero-order valence-electron chi connectivity index (χ0n) is 7.95. The molecule has 0 spiro atoms. The van der Waals surface area contributed by atoms with E-state index in [0.29, 0.717) is 0 Å². The largest absolute Gasteiger partial charge is 0.502 e. The first-order chi connectivity index (χ1) is 7.52. The van der Waals surface area contributed by atoms with Crippen molar-refractivity contribution in [2.45, 2.75) is 0 Å². The monoisotopic (exact) mass is 240 g/mol. The topological polar surface area (TPSA) is 114 Å². The maximum absolute atomic E-state index is 10.5. The number of thiocarbonyl (C=S) groups is 1. The predicted octanol–water partition coefficient (Wildman–Crippen LogP) is 0.468. The molecule has 1 aromatic rings. The molecule has 0 saturated heterocycles. The Morgan fingerprint density at radius 1 is 1.69 bits per heavy atom. The number of nitro benzene ring substituents is 1. The molecule has 0 fully saturated rings. The van der Waals surface area contributed by atoms with Crippen LogP contribution in [0.5, 0.6) is 5.75 Å². The fraction of sp³-hybridized carbons (Fsp3) is 0. The third-order valence-corrected chi connectivity index (χ3v) is 1.71. The lowest BCUT2D eigenvalue weighted by Gasteiger charge is -1.99. The van der Waals surface area contributed by atoms with E-state index in [0.717, 1.165) is 0 Å². The number of nitro groups is 1. The van der Waals surface area contributed by atoms with Gasteiger partial charge in [0.2, 0.25) is 5.75 Å². The number of benzene rings is 1. The van der Waals surface area contributed by atoms with Crippen LogP contribution in [0, 0.1) is 10.1 Å². The van der Waals surface area contributed by atoms with Gasteiger partial charge in [0, 0.05) is 11.6 Å². The van der Waals surface area contributed by atoms with E-state index < -0.39 is 10.7 Å². The Kier molecular flexibility index (Phi) is 3.72. The summed E-state index contributed by atoms with van der Waals surface area (Å²) < 4.78 is 0. The van der Waals surface area contributed by atoms with Crippen LogP contribution in [-0.2, 0) is 0 Å². The minimum atomic E-state index is -0.687. The van der Waals surface area contributed by atoms with E-state index in [1.165, 1.54) is 24.4 Å². The van der Waals surface area contributed by atoms with E-state index in [1.54, 1.807) is 0 Å². The normalized spacial score (nSPS) is 10.2. The molecule has 1 rings (SSSR count). The Balaban J connectivity index is 2.97. The molecule has 0 amide bonds. The molecule has 0 aromatic heterocycles. The van der Waals surface area contributed by atoms with E-state index in [4.69, 9.17) is 5.73 Å². The van der Waals surface area contributed by atoms with E-state index in [2.05, 4.69) is 22.7 Å². The van der Waals surface area contributed by atoms with Gasteiger partial charge in [0.15, 0.2) is 5.11 Å². The number of nitrogens with two attached hydrogens (primary N) is 1. The second-order valence-electron chi connectivity index (χ2n) is 2.71. The van der Waals surface area contributed by atoms with Gasteiger partial charge in [-0.2, -0.15) is 5.10 Å².